The lowest BCUT2D eigenvalue weighted by molar-refractivity contribution is -0.142. The van der Waals surface area contributed by atoms with Crippen LogP contribution in [0.1, 0.15) is 51.2 Å². The fourth-order valence-electron chi connectivity index (χ4n) is 3.43. The fourth-order valence-corrected chi connectivity index (χ4v) is 4.21. The van der Waals surface area contributed by atoms with Crippen LogP contribution in [0.5, 0.6) is 0 Å². The van der Waals surface area contributed by atoms with Crippen LogP contribution in [0.15, 0.2) is 65.3 Å². The minimum atomic E-state index is -1.00. The molecule has 1 aliphatic heterocycles. The molecule has 0 aliphatic carbocycles. The molecule has 1 fully saturated rings. The summed E-state index contributed by atoms with van der Waals surface area (Å²) in [4.78, 5) is 40.1. The number of hydrogen-bond donors (Lipinski definition) is 1. The van der Waals surface area contributed by atoms with Gasteiger partial charge in [-0.2, -0.15) is 0 Å². The number of likely N-dealkylation sites (tertiary alicyclic amines) is 1. The summed E-state index contributed by atoms with van der Waals surface area (Å²) in [6.45, 7) is 1.34. The molecule has 0 unspecified atom stereocenters. The van der Waals surface area contributed by atoms with E-state index in [1.807, 2.05) is 18.2 Å². The molecule has 1 aliphatic rings. The highest BCUT2D eigenvalue weighted by Gasteiger charge is 2.31. The second-order valence-electron chi connectivity index (χ2n) is 7.18. The van der Waals surface area contributed by atoms with Gasteiger partial charge in [-0.15, -0.1) is 11.3 Å². The first kappa shape index (κ1) is 20.9. The summed E-state index contributed by atoms with van der Waals surface area (Å²) in [5.74, 6) is -1.05. The summed E-state index contributed by atoms with van der Waals surface area (Å²) in [6.07, 6.45) is 3.40. The van der Waals surface area contributed by atoms with E-state index in [1.54, 1.807) is 41.3 Å². The predicted octanol–water partition coefficient (Wildman–Crippen LogP) is 4.50. The number of nitrogens with zero attached hydrogens (tertiary/aromatic N) is 1. The van der Waals surface area contributed by atoms with Gasteiger partial charge in [-0.3, -0.25) is 9.59 Å². The molecule has 3 heterocycles. The minimum Gasteiger partial charge on any atom is -0.459 e. The summed E-state index contributed by atoms with van der Waals surface area (Å²) in [5, 5.41) is 3.16. The SMILES string of the molecule is O=C(Nc1ccc(C(=O)O[C@@H](C(=O)N2CCCCC2)c2ccccc2)s1)c1ccco1. The third kappa shape index (κ3) is 5.03. The highest BCUT2D eigenvalue weighted by atomic mass is 32.1. The lowest BCUT2D eigenvalue weighted by atomic mass is 10.1. The second kappa shape index (κ2) is 9.61. The number of rotatable bonds is 6. The Kier molecular flexibility index (Phi) is 6.47. The number of esters is 1. The van der Waals surface area contributed by atoms with Crippen molar-refractivity contribution in [1.29, 1.82) is 0 Å². The number of hydrogen-bond acceptors (Lipinski definition) is 6. The van der Waals surface area contributed by atoms with Gasteiger partial charge in [-0.1, -0.05) is 30.3 Å². The van der Waals surface area contributed by atoms with Crippen molar-refractivity contribution in [3.05, 3.63) is 77.1 Å². The Balaban J connectivity index is 1.48. The molecule has 2 amide bonds. The van der Waals surface area contributed by atoms with Crippen LogP contribution < -0.4 is 5.32 Å². The molecule has 2 aromatic heterocycles. The van der Waals surface area contributed by atoms with Gasteiger partial charge >= 0.3 is 5.97 Å². The minimum absolute atomic E-state index is 0.175. The van der Waals surface area contributed by atoms with Crippen molar-refractivity contribution in [2.24, 2.45) is 0 Å². The zero-order valence-electron chi connectivity index (χ0n) is 16.8. The molecule has 1 atom stereocenters. The highest BCUT2D eigenvalue weighted by molar-refractivity contribution is 7.18. The van der Waals surface area contributed by atoms with Crippen LogP contribution in [0.25, 0.3) is 0 Å². The molecule has 1 N–H and O–H groups in total. The van der Waals surface area contributed by atoms with E-state index in [0.717, 1.165) is 30.6 Å². The molecule has 1 saturated heterocycles. The van der Waals surface area contributed by atoms with Crippen LogP contribution in [0, 0.1) is 0 Å². The van der Waals surface area contributed by atoms with Gasteiger partial charge in [0.25, 0.3) is 11.8 Å². The molecule has 0 spiro atoms. The number of amides is 2. The Morgan fingerprint density at radius 2 is 1.74 bits per heavy atom. The van der Waals surface area contributed by atoms with E-state index < -0.39 is 18.0 Å². The molecular formula is C23H22N2O5S. The van der Waals surface area contributed by atoms with Crippen molar-refractivity contribution in [3.8, 4) is 0 Å². The molecule has 0 bridgehead atoms. The summed E-state index contributed by atoms with van der Waals surface area (Å²) in [6, 6.07) is 15.4. The molecule has 0 radical (unpaired) electrons. The average molecular weight is 439 g/mol. The van der Waals surface area contributed by atoms with Crippen molar-refractivity contribution in [1.82, 2.24) is 4.90 Å². The molecular weight excluding hydrogens is 416 g/mol. The Morgan fingerprint density at radius 1 is 0.968 bits per heavy atom. The summed E-state index contributed by atoms with van der Waals surface area (Å²) in [7, 11) is 0. The number of anilines is 1. The van der Waals surface area contributed by atoms with Crippen LogP contribution in [0.4, 0.5) is 5.00 Å². The van der Waals surface area contributed by atoms with Crippen LogP contribution in [0.2, 0.25) is 0 Å². The third-order valence-electron chi connectivity index (χ3n) is 5.01. The van der Waals surface area contributed by atoms with Gasteiger partial charge < -0.3 is 19.4 Å². The number of piperidine rings is 1. The molecule has 31 heavy (non-hydrogen) atoms. The molecule has 1 aromatic carbocycles. The van der Waals surface area contributed by atoms with Crippen molar-refractivity contribution < 1.29 is 23.5 Å². The number of benzene rings is 1. The largest absolute Gasteiger partial charge is 0.459 e. The van der Waals surface area contributed by atoms with E-state index in [2.05, 4.69) is 5.32 Å². The monoisotopic (exact) mass is 438 g/mol. The van der Waals surface area contributed by atoms with Crippen molar-refractivity contribution in [3.63, 3.8) is 0 Å². The molecule has 4 rings (SSSR count). The molecule has 8 heteroatoms. The van der Waals surface area contributed by atoms with Gasteiger partial charge in [0.1, 0.15) is 4.88 Å². The molecule has 7 nitrogen and oxygen atoms in total. The van der Waals surface area contributed by atoms with Crippen LogP contribution in [-0.2, 0) is 9.53 Å². The fraction of sp³-hybridized carbons (Fsp3) is 0.261. The topological polar surface area (TPSA) is 88.8 Å². The van der Waals surface area contributed by atoms with Gasteiger partial charge in [0.05, 0.1) is 11.3 Å². The lowest BCUT2D eigenvalue weighted by Gasteiger charge is -2.30. The number of carbonyl (C=O) groups is 3. The predicted molar refractivity (Wildman–Crippen MR) is 116 cm³/mol. The zero-order valence-corrected chi connectivity index (χ0v) is 17.6. The number of nitrogens with one attached hydrogen (secondary N) is 1. The van der Waals surface area contributed by atoms with E-state index in [9.17, 15) is 14.4 Å². The quantitative estimate of drug-likeness (QED) is 0.572. The molecule has 3 aromatic rings. The first-order valence-corrected chi connectivity index (χ1v) is 10.9. The van der Waals surface area contributed by atoms with E-state index in [0.29, 0.717) is 28.5 Å². The second-order valence-corrected chi connectivity index (χ2v) is 8.26. The number of furan rings is 1. The molecule has 160 valence electrons. The third-order valence-corrected chi connectivity index (χ3v) is 5.99. The smallest absolute Gasteiger partial charge is 0.349 e. The number of thiophene rings is 1. The summed E-state index contributed by atoms with van der Waals surface area (Å²) >= 11 is 1.08. The first-order valence-electron chi connectivity index (χ1n) is 10.1. The van der Waals surface area contributed by atoms with Gasteiger partial charge in [-0.25, -0.2) is 4.79 Å². The Labute approximate surface area is 183 Å². The van der Waals surface area contributed by atoms with Crippen LogP contribution in [-0.4, -0.2) is 35.8 Å². The Hall–Kier alpha value is -3.39. The van der Waals surface area contributed by atoms with E-state index >= 15 is 0 Å². The zero-order chi connectivity index (χ0) is 21.6. The Morgan fingerprint density at radius 3 is 2.45 bits per heavy atom. The van der Waals surface area contributed by atoms with Crippen molar-refractivity contribution >= 4 is 34.1 Å². The summed E-state index contributed by atoms with van der Waals surface area (Å²) in [5.41, 5.74) is 0.634. The van der Waals surface area contributed by atoms with Gasteiger partial charge in [0.2, 0.25) is 6.10 Å². The van der Waals surface area contributed by atoms with Gasteiger partial charge in [0, 0.05) is 18.7 Å². The summed E-state index contributed by atoms with van der Waals surface area (Å²) < 4.78 is 10.7. The number of ether oxygens (including phenoxy) is 1. The van der Waals surface area contributed by atoms with Crippen molar-refractivity contribution in [2.45, 2.75) is 25.4 Å². The van der Waals surface area contributed by atoms with E-state index in [-0.39, 0.29) is 11.7 Å². The maximum Gasteiger partial charge on any atom is 0.349 e. The van der Waals surface area contributed by atoms with E-state index in [4.69, 9.17) is 9.15 Å². The van der Waals surface area contributed by atoms with Gasteiger partial charge in [-0.05, 0) is 43.5 Å². The maximum absolute atomic E-state index is 13.1. The van der Waals surface area contributed by atoms with Crippen LogP contribution >= 0.6 is 11.3 Å². The molecule has 0 saturated carbocycles. The van der Waals surface area contributed by atoms with E-state index in [1.165, 1.54) is 6.26 Å². The standard InChI is InChI=1S/C23H22N2O5S/c26-21(17-10-7-15-29-17)24-19-12-11-18(31-19)23(28)30-20(16-8-3-1-4-9-16)22(27)25-13-5-2-6-14-25/h1,3-4,7-12,15,20H,2,5-6,13-14H2,(H,24,26)/t20-/m1/s1. The lowest BCUT2D eigenvalue weighted by Crippen LogP contribution is -2.40. The highest BCUT2D eigenvalue weighted by Crippen LogP contribution is 2.28. The average Bonchev–Trinajstić information content (AvgIpc) is 3.51. The van der Waals surface area contributed by atoms with Crippen LogP contribution in [0.3, 0.4) is 0 Å². The van der Waals surface area contributed by atoms with Crippen molar-refractivity contribution in [2.75, 3.05) is 18.4 Å². The van der Waals surface area contributed by atoms with Gasteiger partial charge in [0.15, 0.2) is 5.76 Å². The normalized spacial score (nSPS) is 14.6. The maximum atomic E-state index is 13.1. The number of carbonyl (C=O) groups excluding carboxylic acids is 3. The first-order chi connectivity index (χ1) is 15.1. The Bertz CT molecular complexity index is 1040.